The van der Waals surface area contributed by atoms with Gasteiger partial charge in [-0.25, -0.2) is 0 Å². The number of nitrogens with zero attached hydrogens (tertiary/aromatic N) is 1. The zero-order valence-electron chi connectivity index (χ0n) is 16.6. The van der Waals surface area contributed by atoms with E-state index in [1.807, 2.05) is 11.9 Å². The Kier molecular flexibility index (Phi) is 5.36. The van der Waals surface area contributed by atoms with Crippen LogP contribution in [0.15, 0.2) is 39.5 Å². The van der Waals surface area contributed by atoms with Crippen molar-refractivity contribution in [1.82, 2.24) is 4.90 Å². The largest absolute Gasteiger partial charge is 0.507 e. The summed E-state index contributed by atoms with van der Waals surface area (Å²) in [6, 6.07) is 7.47. The van der Waals surface area contributed by atoms with Gasteiger partial charge in [-0.1, -0.05) is 11.6 Å². The highest BCUT2D eigenvalue weighted by atomic mass is 35.5. The van der Waals surface area contributed by atoms with Gasteiger partial charge in [0.2, 0.25) is 0 Å². The lowest BCUT2D eigenvalue weighted by Crippen LogP contribution is -2.32. The number of likely N-dealkylation sites (tertiary alicyclic amines) is 1. The number of halogens is 1. The van der Waals surface area contributed by atoms with Crippen LogP contribution in [0.1, 0.15) is 17.9 Å². The Balaban J connectivity index is 1.99. The molecule has 1 aromatic heterocycles. The first-order valence-corrected chi connectivity index (χ1v) is 10.0. The molecule has 158 valence electrons. The number of fused-ring (bicyclic) bond motifs is 1. The summed E-state index contributed by atoms with van der Waals surface area (Å²) in [5.41, 5.74) is 1.41. The SMILES string of the molecule is CNc1ccc(-c2cc(=O)c3c(O)cc(O)c([C@@H]4CCN(C)[C@H]4CO)c3o2)c(Cl)c1. The Morgan fingerprint density at radius 2 is 2.00 bits per heavy atom. The van der Waals surface area contributed by atoms with Gasteiger partial charge in [0.25, 0.3) is 0 Å². The van der Waals surface area contributed by atoms with Crippen LogP contribution in [0.5, 0.6) is 11.5 Å². The molecule has 1 aliphatic rings. The third-order valence-corrected chi connectivity index (χ3v) is 6.22. The van der Waals surface area contributed by atoms with Crippen LogP contribution in [-0.2, 0) is 0 Å². The number of hydrogen-bond acceptors (Lipinski definition) is 7. The standard InChI is InChI=1S/C22H23ClN2O5/c1-24-11-3-4-12(14(23)7-11)19-9-18(29)21-17(28)8-16(27)20(22(21)30-19)13-5-6-25(2)15(13)10-26/h3-4,7-9,13,15,24,26-28H,5-6,10H2,1-2H3/t13-,15+/m1/s1. The van der Waals surface area contributed by atoms with Crippen LogP contribution in [0.4, 0.5) is 5.69 Å². The van der Waals surface area contributed by atoms with Crippen LogP contribution in [0.2, 0.25) is 5.02 Å². The first-order valence-electron chi connectivity index (χ1n) is 9.67. The number of anilines is 1. The number of benzene rings is 2. The van der Waals surface area contributed by atoms with E-state index in [4.69, 9.17) is 16.0 Å². The Morgan fingerprint density at radius 3 is 2.67 bits per heavy atom. The molecule has 0 saturated carbocycles. The van der Waals surface area contributed by atoms with Gasteiger partial charge >= 0.3 is 0 Å². The van der Waals surface area contributed by atoms with E-state index in [9.17, 15) is 20.1 Å². The van der Waals surface area contributed by atoms with E-state index in [-0.39, 0.29) is 46.8 Å². The maximum atomic E-state index is 12.9. The van der Waals surface area contributed by atoms with Crippen molar-refractivity contribution >= 4 is 28.3 Å². The fourth-order valence-electron chi connectivity index (χ4n) is 4.29. The molecule has 0 unspecified atom stereocenters. The number of phenols is 2. The van der Waals surface area contributed by atoms with Crippen molar-refractivity contribution in [3.63, 3.8) is 0 Å². The molecule has 1 fully saturated rings. The number of rotatable bonds is 4. The highest BCUT2D eigenvalue weighted by Crippen LogP contribution is 2.44. The minimum atomic E-state index is -0.439. The first kappa shape index (κ1) is 20.5. The lowest BCUT2D eigenvalue weighted by atomic mass is 9.89. The van der Waals surface area contributed by atoms with Gasteiger partial charge in [0.15, 0.2) is 5.43 Å². The summed E-state index contributed by atoms with van der Waals surface area (Å²) in [5.74, 6) is -0.548. The Labute approximate surface area is 178 Å². The Morgan fingerprint density at radius 1 is 1.23 bits per heavy atom. The molecule has 2 aromatic carbocycles. The van der Waals surface area contributed by atoms with Gasteiger partial charge in [-0.2, -0.15) is 0 Å². The molecule has 4 N–H and O–H groups in total. The molecule has 0 spiro atoms. The van der Waals surface area contributed by atoms with Crippen molar-refractivity contribution in [3.8, 4) is 22.8 Å². The van der Waals surface area contributed by atoms with E-state index in [0.29, 0.717) is 22.6 Å². The van der Waals surface area contributed by atoms with Gasteiger partial charge in [-0.05, 0) is 38.2 Å². The minimum Gasteiger partial charge on any atom is -0.507 e. The third-order valence-electron chi connectivity index (χ3n) is 5.90. The van der Waals surface area contributed by atoms with Crippen LogP contribution in [0, 0.1) is 0 Å². The molecule has 0 bridgehead atoms. The van der Waals surface area contributed by atoms with Crippen molar-refractivity contribution in [3.05, 3.63) is 51.1 Å². The van der Waals surface area contributed by atoms with Crippen LogP contribution in [0.3, 0.4) is 0 Å². The topological polar surface area (TPSA) is 106 Å². The minimum absolute atomic E-state index is 0.000704. The quantitative estimate of drug-likeness (QED) is 0.503. The molecule has 0 radical (unpaired) electrons. The summed E-state index contributed by atoms with van der Waals surface area (Å²) in [5, 5.41) is 34.3. The van der Waals surface area contributed by atoms with Gasteiger partial charge in [-0.3, -0.25) is 4.79 Å². The van der Waals surface area contributed by atoms with E-state index < -0.39 is 5.43 Å². The maximum absolute atomic E-state index is 12.9. The van der Waals surface area contributed by atoms with E-state index in [1.54, 1.807) is 25.2 Å². The summed E-state index contributed by atoms with van der Waals surface area (Å²) in [6.45, 7) is 0.614. The second-order valence-corrected chi connectivity index (χ2v) is 7.99. The normalized spacial score (nSPS) is 19.5. The molecule has 2 heterocycles. The Hall–Kier alpha value is -2.74. The first-order chi connectivity index (χ1) is 14.3. The lowest BCUT2D eigenvalue weighted by molar-refractivity contribution is 0.172. The molecule has 2 atom stereocenters. The van der Waals surface area contributed by atoms with Crippen LogP contribution in [-0.4, -0.2) is 53.5 Å². The van der Waals surface area contributed by atoms with E-state index >= 15 is 0 Å². The van der Waals surface area contributed by atoms with Crippen LogP contribution < -0.4 is 10.7 Å². The predicted molar refractivity (Wildman–Crippen MR) is 117 cm³/mol. The van der Waals surface area contributed by atoms with Gasteiger partial charge in [0.1, 0.15) is 28.2 Å². The molecular weight excluding hydrogens is 408 g/mol. The molecule has 7 nitrogen and oxygen atoms in total. The molecule has 0 amide bonds. The van der Waals surface area contributed by atoms with E-state index in [1.165, 1.54) is 6.07 Å². The van der Waals surface area contributed by atoms with Crippen LogP contribution >= 0.6 is 11.6 Å². The van der Waals surface area contributed by atoms with Gasteiger partial charge in [-0.15, -0.1) is 0 Å². The average Bonchev–Trinajstić information content (AvgIpc) is 3.07. The number of hydrogen-bond donors (Lipinski definition) is 4. The molecule has 4 rings (SSSR count). The van der Waals surface area contributed by atoms with Gasteiger partial charge < -0.3 is 30.0 Å². The van der Waals surface area contributed by atoms with Crippen molar-refractivity contribution in [2.24, 2.45) is 0 Å². The highest BCUT2D eigenvalue weighted by molar-refractivity contribution is 6.33. The summed E-state index contributed by atoms with van der Waals surface area (Å²) in [6.07, 6.45) is 0.667. The molecule has 0 aliphatic carbocycles. The van der Waals surface area contributed by atoms with Gasteiger partial charge in [0.05, 0.1) is 11.6 Å². The molecule has 8 heteroatoms. The van der Waals surface area contributed by atoms with E-state index in [2.05, 4.69) is 5.32 Å². The second-order valence-electron chi connectivity index (χ2n) is 7.58. The number of phenolic OH excluding ortho intramolecular Hbond substituents is 2. The fourth-order valence-corrected chi connectivity index (χ4v) is 4.57. The fraction of sp³-hybridized carbons (Fsp3) is 0.318. The van der Waals surface area contributed by atoms with E-state index in [0.717, 1.165) is 18.3 Å². The Bertz CT molecular complexity index is 1180. The number of aromatic hydroxyl groups is 2. The molecular formula is C22H23ClN2O5. The lowest BCUT2D eigenvalue weighted by Gasteiger charge is -2.24. The number of aliphatic hydroxyl groups is 1. The maximum Gasteiger partial charge on any atom is 0.197 e. The molecule has 3 aromatic rings. The highest BCUT2D eigenvalue weighted by Gasteiger charge is 2.36. The summed E-state index contributed by atoms with van der Waals surface area (Å²) < 4.78 is 6.09. The van der Waals surface area contributed by atoms with Crippen molar-refractivity contribution in [1.29, 1.82) is 0 Å². The van der Waals surface area contributed by atoms with Crippen molar-refractivity contribution in [2.75, 3.05) is 32.6 Å². The zero-order chi connectivity index (χ0) is 21.6. The molecule has 1 saturated heterocycles. The molecule has 30 heavy (non-hydrogen) atoms. The van der Waals surface area contributed by atoms with Gasteiger partial charge in [0, 0.05) is 48.0 Å². The number of nitrogens with one attached hydrogen (secondary N) is 1. The monoisotopic (exact) mass is 430 g/mol. The zero-order valence-corrected chi connectivity index (χ0v) is 17.4. The van der Waals surface area contributed by atoms with Crippen molar-refractivity contribution in [2.45, 2.75) is 18.4 Å². The third kappa shape index (κ3) is 3.29. The number of aliphatic hydroxyl groups excluding tert-OH is 1. The van der Waals surface area contributed by atoms with Crippen LogP contribution in [0.25, 0.3) is 22.3 Å². The summed E-state index contributed by atoms with van der Waals surface area (Å²) >= 11 is 6.40. The second kappa shape index (κ2) is 7.83. The smallest absolute Gasteiger partial charge is 0.197 e. The van der Waals surface area contributed by atoms with Crippen molar-refractivity contribution < 1.29 is 19.7 Å². The molecule has 1 aliphatic heterocycles. The number of likely N-dealkylation sites (N-methyl/N-ethyl adjacent to an activating group) is 1. The summed E-state index contributed by atoms with van der Waals surface area (Å²) in [4.78, 5) is 14.9. The summed E-state index contributed by atoms with van der Waals surface area (Å²) in [7, 11) is 3.67. The predicted octanol–water partition coefficient (Wildman–Crippen LogP) is 3.35. The average molecular weight is 431 g/mol.